The van der Waals surface area contributed by atoms with Gasteiger partial charge in [0.2, 0.25) is 0 Å². The molecule has 1 aromatic heterocycles. The minimum Gasteiger partial charge on any atom is -0.479 e. The van der Waals surface area contributed by atoms with Crippen molar-refractivity contribution in [2.75, 3.05) is 6.61 Å². The molecule has 0 aliphatic heterocycles. The van der Waals surface area contributed by atoms with Crippen LogP contribution in [0.25, 0.3) is 0 Å². The van der Waals surface area contributed by atoms with E-state index in [0.717, 1.165) is 0 Å². The van der Waals surface area contributed by atoms with Crippen molar-refractivity contribution in [3.63, 3.8) is 0 Å². The quantitative estimate of drug-likeness (QED) is 0.779. The largest absolute Gasteiger partial charge is 0.479 e. The SMILES string of the molecule is CCOC(CCn1nc(C)ccc1=O)C(=O)O. The standard InChI is InChI=1S/C11H16N2O4/c1-3-17-9(11(15)16)6-7-13-10(14)5-4-8(2)12-13/h4-5,9H,3,6-7H2,1-2H3,(H,15,16). The molecule has 0 fully saturated rings. The number of aromatic nitrogens is 2. The molecule has 0 aliphatic rings. The second-order valence-electron chi connectivity index (χ2n) is 3.61. The third-order valence-corrected chi connectivity index (χ3v) is 2.25. The Morgan fingerprint density at radius 1 is 1.59 bits per heavy atom. The van der Waals surface area contributed by atoms with Crippen molar-refractivity contribution in [1.29, 1.82) is 0 Å². The predicted octanol–water partition coefficient (Wildman–Crippen LogP) is 0.432. The zero-order chi connectivity index (χ0) is 12.8. The molecule has 1 atom stereocenters. The van der Waals surface area contributed by atoms with Gasteiger partial charge in [-0.15, -0.1) is 0 Å². The summed E-state index contributed by atoms with van der Waals surface area (Å²) in [5.74, 6) is -1.02. The van der Waals surface area contributed by atoms with Gasteiger partial charge in [0.1, 0.15) is 0 Å². The molecule has 0 radical (unpaired) electrons. The van der Waals surface area contributed by atoms with Crippen LogP contribution in [-0.2, 0) is 16.1 Å². The zero-order valence-electron chi connectivity index (χ0n) is 9.92. The Kier molecular flexibility index (Phi) is 4.84. The van der Waals surface area contributed by atoms with Crippen LogP contribution in [0.5, 0.6) is 0 Å². The van der Waals surface area contributed by atoms with Gasteiger partial charge in [0.25, 0.3) is 5.56 Å². The maximum Gasteiger partial charge on any atom is 0.332 e. The summed E-state index contributed by atoms with van der Waals surface area (Å²) in [5.41, 5.74) is 0.476. The summed E-state index contributed by atoms with van der Waals surface area (Å²) in [6.07, 6.45) is -0.672. The van der Waals surface area contributed by atoms with Crippen molar-refractivity contribution < 1.29 is 14.6 Å². The number of aryl methyl sites for hydroxylation is 2. The minimum absolute atomic E-state index is 0.222. The summed E-state index contributed by atoms with van der Waals surface area (Å²) in [6.45, 7) is 4.06. The molecule has 1 N–H and O–H groups in total. The molecule has 1 rings (SSSR count). The third-order valence-electron chi connectivity index (χ3n) is 2.25. The number of rotatable bonds is 6. The van der Waals surface area contributed by atoms with Crippen molar-refractivity contribution >= 4 is 5.97 Å². The summed E-state index contributed by atoms with van der Waals surface area (Å²) in [6, 6.07) is 3.04. The molecule has 17 heavy (non-hydrogen) atoms. The van der Waals surface area contributed by atoms with Gasteiger partial charge in [-0.05, 0) is 19.9 Å². The van der Waals surface area contributed by atoms with Crippen molar-refractivity contribution in [2.45, 2.75) is 32.9 Å². The van der Waals surface area contributed by atoms with E-state index in [4.69, 9.17) is 9.84 Å². The topological polar surface area (TPSA) is 81.4 Å². The van der Waals surface area contributed by atoms with E-state index >= 15 is 0 Å². The first-order chi connectivity index (χ1) is 8.04. The third kappa shape index (κ3) is 3.99. The smallest absolute Gasteiger partial charge is 0.332 e. The fourth-order valence-corrected chi connectivity index (χ4v) is 1.43. The molecule has 94 valence electrons. The highest BCUT2D eigenvalue weighted by Crippen LogP contribution is 2.00. The summed E-state index contributed by atoms with van der Waals surface area (Å²) in [5, 5.41) is 12.9. The van der Waals surface area contributed by atoms with E-state index in [1.54, 1.807) is 19.9 Å². The summed E-state index contributed by atoms with van der Waals surface area (Å²) in [4.78, 5) is 22.3. The number of nitrogens with zero attached hydrogens (tertiary/aromatic N) is 2. The van der Waals surface area contributed by atoms with Gasteiger partial charge in [0.15, 0.2) is 6.10 Å². The molecule has 0 aromatic carbocycles. The van der Waals surface area contributed by atoms with Crippen LogP contribution in [0.4, 0.5) is 0 Å². The van der Waals surface area contributed by atoms with E-state index in [2.05, 4.69) is 5.10 Å². The van der Waals surface area contributed by atoms with Gasteiger partial charge in [0.05, 0.1) is 5.69 Å². The van der Waals surface area contributed by atoms with E-state index in [1.807, 2.05) is 0 Å². The maximum atomic E-state index is 11.4. The first kappa shape index (κ1) is 13.4. The van der Waals surface area contributed by atoms with Crippen LogP contribution in [-0.4, -0.2) is 33.6 Å². The highest BCUT2D eigenvalue weighted by molar-refractivity contribution is 5.72. The number of hydrogen-bond donors (Lipinski definition) is 1. The van der Waals surface area contributed by atoms with Gasteiger partial charge in [0, 0.05) is 25.6 Å². The van der Waals surface area contributed by atoms with Crippen LogP contribution in [0.1, 0.15) is 19.0 Å². The van der Waals surface area contributed by atoms with Gasteiger partial charge in [-0.25, -0.2) is 9.48 Å². The van der Waals surface area contributed by atoms with E-state index in [9.17, 15) is 9.59 Å². The fraction of sp³-hybridized carbons (Fsp3) is 0.545. The average Bonchev–Trinajstić information content (AvgIpc) is 2.28. The highest BCUT2D eigenvalue weighted by Gasteiger charge is 2.17. The van der Waals surface area contributed by atoms with Crippen LogP contribution in [0.3, 0.4) is 0 Å². The number of ether oxygens (including phenoxy) is 1. The fourth-order valence-electron chi connectivity index (χ4n) is 1.43. The molecule has 1 aromatic rings. The lowest BCUT2D eigenvalue weighted by atomic mass is 10.2. The number of aliphatic carboxylic acids is 1. The summed E-state index contributed by atoms with van der Waals surface area (Å²) in [7, 11) is 0. The number of carbonyl (C=O) groups is 1. The Hall–Kier alpha value is -1.69. The van der Waals surface area contributed by atoms with Crippen molar-refractivity contribution in [3.8, 4) is 0 Å². The molecule has 6 nitrogen and oxygen atoms in total. The summed E-state index contributed by atoms with van der Waals surface area (Å²) >= 11 is 0. The molecule has 0 bridgehead atoms. The van der Waals surface area contributed by atoms with E-state index < -0.39 is 12.1 Å². The molecule has 0 saturated heterocycles. The van der Waals surface area contributed by atoms with Crippen molar-refractivity contribution in [3.05, 3.63) is 28.2 Å². The van der Waals surface area contributed by atoms with Crippen molar-refractivity contribution in [2.24, 2.45) is 0 Å². The van der Waals surface area contributed by atoms with Crippen molar-refractivity contribution in [1.82, 2.24) is 9.78 Å². The maximum absolute atomic E-state index is 11.4. The Morgan fingerprint density at radius 3 is 2.88 bits per heavy atom. The Morgan fingerprint density at radius 2 is 2.29 bits per heavy atom. The molecule has 6 heteroatoms. The van der Waals surface area contributed by atoms with Crippen LogP contribution in [0.15, 0.2) is 16.9 Å². The molecular weight excluding hydrogens is 224 g/mol. The van der Waals surface area contributed by atoms with E-state index in [-0.39, 0.29) is 18.5 Å². The van der Waals surface area contributed by atoms with Crippen LogP contribution >= 0.6 is 0 Å². The van der Waals surface area contributed by atoms with Crippen LogP contribution in [0, 0.1) is 6.92 Å². The Balaban J connectivity index is 2.68. The highest BCUT2D eigenvalue weighted by atomic mass is 16.5. The Bertz CT molecular complexity index is 441. The molecule has 0 aliphatic carbocycles. The van der Waals surface area contributed by atoms with Gasteiger partial charge < -0.3 is 9.84 Å². The molecule has 0 amide bonds. The first-order valence-electron chi connectivity index (χ1n) is 5.43. The van der Waals surface area contributed by atoms with Gasteiger partial charge in [-0.2, -0.15) is 5.10 Å². The number of hydrogen-bond acceptors (Lipinski definition) is 4. The average molecular weight is 240 g/mol. The van der Waals surface area contributed by atoms with Crippen LogP contribution in [0.2, 0.25) is 0 Å². The molecule has 1 unspecified atom stereocenters. The monoisotopic (exact) mass is 240 g/mol. The molecule has 0 spiro atoms. The van der Waals surface area contributed by atoms with E-state index in [1.165, 1.54) is 10.7 Å². The molecule has 0 saturated carbocycles. The second-order valence-corrected chi connectivity index (χ2v) is 3.61. The van der Waals surface area contributed by atoms with Gasteiger partial charge in [-0.1, -0.05) is 0 Å². The van der Waals surface area contributed by atoms with E-state index in [0.29, 0.717) is 12.3 Å². The lowest BCUT2D eigenvalue weighted by molar-refractivity contribution is -0.150. The summed E-state index contributed by atoms with van der Waals surface area (Å²) < 4.78 is 6.31. The molecule has 1 heterocycles. The second kappa shape index (κ2) is 6.15. The van der Waals surface area contributed by atoms with Gasteiger partial charge >= 0.3 is 5.97 Å². The first-order valence-corrected chi connectivity index (χ1v) is 5.43. The van der Waals surface area contributed by atoms with Crippen LogP contribution < -0.4 is 5.56 Å². The lowest BCUT2D eigenvalue weighted by Gasteiger charge is -2.12. The Labute approximate surface area is 98.8 Å². The normalized spacial score (nSPS) is 12.4. The number of carboxylic acid groups (broad SMARTS) is 1. The van der Waals surface area contributed by atoms with Gasteiger partial charge in [-0.3, -0.25) is 4.79 Å². The molecular formula is C11H16N2O4. The predicted molar refractivity (Wildman–Crippen MR) is 60.9 cm³/mol. The number of carboxylic acids is 1. The lowest BCUT2D eigenvalue weighted by Crippen LogP contribution is -2.29. The minimum atomic E-state index is -1.02. The zero-order valence-corrected chi connectivity index (χ0v) is 9.92.